The minimum absolute atomic E-state index is 0.658. The van der Waals surface area contributed by atoms with Gasteiger partial charge >= 0.3 is 362 Å². The van der Waals surface area contributed by atoms with Crippen LogP contribution < -0.4 is 7.16 Å². The van der Waals surface area contributed by atoms with Gasteiger partial charge in [0.1, 0.15) is 0 Å². The third-order valence-corrected chi connectivity index (χ3v) is 49.6. The van der Waals surface area contributed by atoms with Crippen LogP contribution in [0, 0.1) is 20.8 Å². The summed E-state index contributed by atoms with van der Waals surface area (Å²) in [5.74, 6) is 0. The first-order valence-corrected chi connectivity index (χ1v) is 47.2. The standard InChI is InChI=1S/C27H59Si6.C13H10.C9H11.Sn/c1-28(2,3)25(29(4,5)6)22-19-23(26(30(7,8)9)31(10,11)12)21-24(20-22)27(32(13,14)15)33(16,17)18;1-3-7-12(8-4-1)11-13-9-5-2-6-10-13;1-7-4-8(2)6-9(3)5-7;/h19-20,25-27H,1-18H3;1-10H;4-5H,1-3H3;. The van der Waals surface area contributed by atoms with Crippen LogP contribution in [-0.2, 0) is 0 Å². The number of benzene rings is 4. The van der Waals surface area contributed by atoms with Gasteiger partial charge in [0.2, 0.25) is 0 Å². The fourth-order valence-electron chi connectivity index (χ4n) is 12.0. The Morgan fingerprint density at radius 1 is 0.393 bits per heavy atom. The summed E-state index contributed by atoms with van der Waals surface area (Å²) < 4.78 is 5.28. The quantitative estimate of drug-likeness (QED) is 0.117. The van der Waals surface area contributed by atoms with E-state index in [-0.39, 0.29) is 0 Å². The molecule has 0 amide bonds. The monoisotopic (exact) mass is 956 g/mol. The fraction of sp³-hybridized carbons (Fsp3) is 0.490. The molecule has 0 fully saturated rings. The summed E-state index contributed by atoms with van der Waals surface area (Å²) in [6.07, 6.45) is 0. The molecule has 0 N–H and O–H groups in total. The molecular weight excluding hydrogens is 876 g/mol. The second-order valence-electron chi connectivity index (χ2n) is 23.8. The van der Waals surface area contributed by atoms with Crippen molar-refractivity contribution in [2.75, 3.05) is 0 Å². The molecule has 4 aromatic rings. The third-order valence-electron chi connectivity index (χ3n) is 11.9. The molecule has 0 nitrogen and oxygen atoms in total. The number of rotatable bonds is 13. The Hall–Kier alpha value is -1.15. The van der Waals surface area contributed by atoms with Crippen molar-refractivity contribution in [3.63, 3.8) is 0 Å². The molecule has 0 atom stereocenters. The zero-order valence-corrected chi connectivity index (χ0v) is 48.7. The SMILES string of the molecule is Cc1cc(C)[c]([Sn](=[C](c2ccccc2)c2ccccc2)[c]2c(C([Si](C)(C)C)[Si](C)(C)C)cc(C([Si](C)(C)C)[Si](C)(C)C)cc2C([Si](C)(C)C)[Si](C)(C)C)c(C)c1. The van der Waals surface area contributed by atoms with Gasteiger partial charge in [0.15, 0.2) is 0 Å². The van der Waals surface area contributed by atoms with Gasteiger partial charge in [0, 0.05) is 0 Å². The molecular formula is C49H80Si6Sn. The first-order chi connectivity index (χ1) is 25.4. The van der Waals surface area contributed by atoms with Gasteiger partial charge in [-0.1, -0.05) is 0 Å². The molecule has 304 valence electrons. The zero-order chi connectivity index (χ0) is 42.6. The van der Waals surface area contributed by atoms with Crippen LogP contribution in [0.1, 0.15) is 60.0 Å². The maximum absolute atomic E-state index is 3.16. The van der Waals surface area contributed by atoms with E-state index < -0.39 is 67.7 Å². The summed E-state index contributed by atoms with van der Waals surface area (Å²) in [5, 5.41) is 2.02. The number of hydrogen-bond acceptors (Lipinski definition) is 0. The van der Waals surface area contributed by atoms with Crippen LogP contribution in [0.3, 0.4) is 0 Å². The van der Waals surface area contributed by atoms with Gasteiger partial charge in [0.05, 0.1) is 0 Å². The van der Waals surface area contributed by atoms with Crippen LogP contribution >= 0.6 is 0 Å². The van der Waals surface area contributed by atoms with Crippen LogP contribution in [-0.4, -0.2) is 71.2 Å². The van der Waals surface area contributed by atoms with Crippen molar-refractivity contribution < 1.29 is 0 Å². The molecule has 0 aromatic heterocycles. The predicted octanol–water partition coefficient (Wildman–Crippen LogP) is 13.6. The molecule has 0 saturated carbocycles. The molecule has 0 saturated heterocycles. The van der Waals surface area contributed by atoms with Crippen molar-refractivity contribution in [2.45, 2.75) is 154 Å². The summed E-state index contributed by atoms with van der Waals surface area (Å²) in [4.78, 5) is 0. The average Bonchev–Trinajstić information content (AvgIpc) is 2.97. The first-order valence-electron chi connectivity index (χ1n) is 21.5. The zero-order valence-electron chi connectivity index (χ0n) is 39.8. The van der Waals surface area contributed by atoms with Gasteiger partial charge in [-0.2, -0.15) is 0 Å². The Morgan fingerprint density at radius 3 is 0.982 bits per heavy atom. The number of aryl methyl sites for hydroxylation is 3. The summed E-state index contributed by atoms with van der Waals surface area (Å²) in [7, 11) is -10.2. The third kappa shape index (κ3) is 10.8. The molecule has 0 bridgehead atoms. The Bertz CT molecular complexity index is 1860. The van der Waals surface area contributed by atoms with E-state index in [4.69, 9.17) is 0 Å². The second kappa shape index (κ2) is 17.1. The van der Waals surface area contributed by atoms with E-state index in [2.05, 4.69) is 224 Å². The Kier molecular flexibility index (Phi) is 14.5. The molecule has 4 aromatic carbocycles. The van der Waals surface area contributed by atoms with E-state index in [1.165, 1.54) is 27.8 Å². The van der Waals surface area contributed by atoms with Gasteiger partial charge in [0.25, 0.3) is 0 Å². The van der Waals surface area contributed by atoms with Crippen LogP contribution in [0.4, 0.5) is 0 Å². The van der Waals surface area contributed by atoms with Crippen molar-refractivity contribution >= 4 is 78.4 Å². The van der Waals surface area contributed by atoms with Gasteiger partial charge in [-0.25, -0.2) is 0 Å². The molecule has 0 heterocycles. The van der Waals surface area contributed by atoms with Crippen LogP contribution in [0.5, 0.6) is 0 Å². The molecule has 4 rings (SSSR count). The van der Waals surface area contributed by atoms with Gasteiger partial charge in [-0.05, 0) is 0 Å². The van der Waals surface area contributed by atoms with Gasteiger partial charge in [-0.15, -0.1) is 0 Å². The summed E-state index contributed by atoms with van der Waals surface area (Å²) in [5.41, 5.74) is 12.7. The van der Waals surface area contributed by atoms with Crippen LogP contribution in [0.25, 0.3) is 0 Å². The molecule has 0 unspecified atom stereocenters. The van der Waals surface area contributed by atoms with E-state index in [0.29, 0.717) is 15.5 Å². The van der Waals surface area contributed by atoms with E-state index >= 15 is 0 Å². The van der Waals surface area contributed by atoms with Crippen molar-refractivity contribution in [1.82, 2.24) is 0 Å². The van der Waals surface area contributed by atoms with Gasteiger partial charge in [-0.3, -0.25) is 0 Å². The summed E-state index contributed by atoms with van der Waals surface area (Å²) in [6.45, 7) is 56.0. The average molecular weight is 956 g/mol. The van der Waals surface area contributed by atoms with E-state index in [1.807, 2.05) is 14.7 Å². The topological polar surface area (TPSA) is 0 Å². The first kappa shape index (κ1) is 47.5. The molecule has 56 heavy (non-hydrogen) atoms. The van der Waals surface area contributed by atoms with Crippen molar-refractivity contribution in [2.24, 2.45) is 0 Å². The van der Waals surface area contributed by atoms with E-state index in [9.17, 15) is 0 Å². The molecule has 0 radical (unpaired) electrons. The maximum atomic E-state index is 2.96. The van der Waals surface area contributed by atoms with Crippen LogP contribution in [0.2, 0.25) is 118 Å². The van der Waals surface area contributed by atoms with Crippen molar-refractivity contribution in [3.05, 3.63) is 129 Å². The van der Waals surface area contributed by atoms with E-state index in [1.54, 1.807) is 12.7 Å². The predicted molar refractivity (Wildman–Crippen MR) is 277 cm³/mol. The second-order valence-corrected chi connectivity index (χ2v) is 63.8. The van der Waals surface area contributed by atoms with Crippen LogP contribution in [0.15, 0.2) is 84.9 Å². The van der Waals surface area contributed by atoms with E-state index in [0.717, 1.165) is 0 Å². The molecule has 0 spiro atoms. The molecule has 0 aliphatic carbocycles. The Balaban J connectivity index is 2.62. The Morgan fingerprint density at radius 2 is 0.696 bits per heavy atom. The Labute approximate surface area is 359 Å². The molecule has 7 heteroatoms. The summed E-state index contributed by atoms with van der Waals surface area (Å²) in [6, 6.07) is 34.4. The van der Waals surface area contributed by atoms with Crippen molar-refractivity contribution in [3.8, 4) is 0 Å². The van der Waals surface area contributed by atoms with Gasteiger partial charge < -0.3 is 0 Å². The fourth-order valence-corrected chi connectivity index (χ4v) is 62.1. The number of hydrogen-bond donors (Lipinski definition) is 0. The summed E-state index contributed by atoms with van der Waals surface area (Å²) >= 11 is -3.16. The molecule has 0 aliphatic rings. The van der Waals surface area contributed by atoms with Crippen molar-refractivity contribution in [1.29, 1.82) is 0 Å². The minimum atomic E-state index is -3.16. The normalized spacial score (nSPS) is 13.6. The molecule has 0 aliphatic heterocycles.